The number of amides is 1. The van der Waals surface area contributed by atoms with Gasteiger partial charge in [-0.3, -0.25) is 0 Å². The maximum absolute atomic E-state index is 12.0. The van der Waals surface area contributed by atoms with Crippen LogP contribution in [0.3, 0.4) is 0 Å². The normalized spacial score (nSPS) is 19.9. The Labute approximate surface area is 128 Å². The van der Waals surface area contributed by atoms with Crippen LogP contribution in [0.5, 0.6) is 0 Å². The second kappa shape index (κ2) is 11.8. The van der Waals surface area contributed by atoms with Gasteiger partial charge in [0, 0.05) is 19.7 Å². The van der Waals surface area contributed by atoms with Crippen molar-refractivity contribution in [1.29, 1.82) is 0 Å². The summed E-state index contributed by atoms with van der Waals surface area (Å²) < 4.78 is 15.9. The lowest BCUT2D eigenvalue weighted by Crippen LogP contribution is -2.35. The first kappa shape index (κ1) is 18.2. The molecule has 0 aliphatic carbocycles. The minimum absolute atomic E-state index is 0.199. The van der Waals surface area contributed by atoms with Crippen molar-refractivity contribution < 1.29 is 19.0 Å². The highest BCUT2D eigenvalue weighted by Crippen LogP contribution is 2.17. The lowest BCUT2D eigenvalue weighted by molar-refractivity contribution is 0.0215. The Kier molecular flexibility index (Phi) is 10.3. The summed E-state index contributed by atoms with van der Waals surface area (Å²) in [7, 11) is 0. The molecule has 0 spiro atoms. The van der Waals surface area contributed by atoms with Gasteiger partial charge in [0.25, 0.3) is 0 Å². The summed E-state index contributed by atoms with van der Waals surface area (Å²) in [5, 5.41) is 0. The molecule has 1 unspecified atom stereocenters. The molecule has 1 saturated heterocycles. The Hall–Kier alpha value is -0.810. The van der Waals surface area contributed by atoms with E-state index < -0.39 is 0 Å². The Balaban J connectivity index is 2.04. The predicted molar refractivity (Wildman–Crippen MR) is 82.5 cm³/mol. The van der Waals surface area contributed by atoms with Crippen LogP contribution in [0.4, 0.5) is 4.79 Å². The van der Waals surface area contributed by atoms with Gasteiger partial charge in [0.15, 0.2) is 0 Å². The molecule has 0 aromatic heterocycles. The van der Waals surface area contributed by atoms with Gasteiger partial charge in [0.05, 0.1) is 19.8 Å². The van der Waals surface area contributed by atoms with Crippen LogP contribution in [0.25, 0.3) is 0 Å². The molecule has 0 aromatic rings. The molecule has 5 heteroatoms. The van der Waals surface area contributed by atoms with Crippen molar-refractivity contribution in [2.75, 3.05) is 46.1 Å². The molecule has 0 radical (unpaired) electrons. The topological polar surface area (TPSA) is 48.0 Å². The number of nitrogens with zero attached hydrogens (tertiary/aromatic N) is 1. The molecule has 21 heavy (non-hydrogen) atoms. The van der Waals surface area contributed by atoms with Gasteiger partial charge in [-0.2, -0.15) is 0 Å². The van der Waals surface area contributed by atoms with Gasteiger partial charge in [-0.1, -0.05) is 26.7 Å². The molecule has 1 heterocycles. The van der Waals surface area contributed by atoms with Crippen LogP contribution in [0.2, 0.25) is 0 Å². The van der Waals surface area contributed by atoms with Gasteiger partial charge in [0.2, 0.25) is 0 Å². The van der Waals surface area contributed by atoms with E-state index >= 15 is 0 Å². The minimum atomic E-state index is -0.199. The molecule has 1 aliphatic rings. The van der Waals surface area contributed by atoms with Crippen molar-refractivity contribution in [1.82, 2.24) is 4.90 Å². The molecule has 1 aliphatic heterocycles. The summed E-state index contributed by atoms with van der Waals surface area (Å²) >= 11 is 0. The summed E-state index contributed by atoms with van der Waals surface area (Å²) in [6, 6.07) is 0. The summed E-state index contributed by atoms with van der Waals surface area (Å²) in [6.45, 7) is 8.64. The van der Waals surface area contributed by atoms with E-state index in [1.54, 1.807) is 0 Å². The SMILES string of the molecule is CCCOCCOCCOC(=O)N1CCCCC(C)CC1. The average molecular weight is 301 g/mol. The zero-order chi connectivity index (χ0) is 15.3. The largest absolute Gasteiger partial charge is 0.447 e. The van der Waals surface area contributed by atoms with E-state index in [0.717, 1.165) is 39.0 Å². The Morgan fingerprint density at radius 3 is 2.48 bits per heavy atom. The third-order valence-corrected chi connectivity index (χ3v) is 3.70. The summed E-state index contributed by atoms with van der Waals surface area (Å²) in [6.07, 6.45) is 5.44. The molecule has 1 rings (SSSR count). The molecule has 0 aromatic carbocycles. The Morgan fingerprint density at radius 1 is 1.00 bits per heavy atom. The fourth-order valence-electron chi connectivity index (χ4n) is 2.36. The highest BCUT2D eigenvalue weighted by atomic mass is 16.6. The molecular weight excluding hydrogens is 270 g/mol. The van der Waals surface area contributed by atoms with E-state index in [1.165, 1.54) is 12.8 Å². The van der Waals surface area contributed by atoms with Crippen LogP contribution < -0.4 is 0 Å². The third kappa shape index (κ3) is 8.94. The zero-order valence-electron chi connectivity index (χ0n) is 13.6. The first-order valence-electron chi connectivity index (χ1n) is 8.31. The fourth-order valence-corrected chi connectivity index (χ4v) is 2.36. The lowest BCUT2D eigenvalue weighted by atomic mass is 9.98. The number of ether oxygens (including phenoxy) is 3. The summed E-state index contributed by atoms with van der Waals surface area (Å²) in [4.78, 5) is 13.8. The number of hydrogen-bond donors (Lipinski definition) is 0. The smallest absolute Gasteiger partial charge is 0.409 e. The molecule has 124 valence electrons. The van der Waals surface area contributed by atoms with E-state index in [4.69, 9.17) is 14.2 Å². The molecule has 1 atom stereocenters. The van der Waals surface area contributed by atoms with Gasteiger partial charge in [-0.25, -0.2) is 4.79 Å². The average Bonchev–Trinajstić information content (AvgIpc) is 2.46. The first-order chi connectivity index (χ1) is 10.2. The summed E-state index contributed by atoms with van der Waals surface area (Å²) in [5.41, 5.74) is 0. The molecule has 5 nitrogen and oxygen atoms in total. The fraction of sp³-hybridized carbons (Fsp3) is 0.938. The molecule has 1 fully saturated rings. The maximum Gasteiger partial charge on any atom is 0.409 e. The predicted octanol–water partition coefficient (Wildman–Crippen LogP) is 3.08. The molecule has 0 saturated carbocycles. The van der Waals surface area contributed by atoms with Crippen LogP contribution in [-0.4, -0.2) is 57.1 Å². The van der Waals surface area contributed by atoms with Gasteiger partial charge in [-0.05, 0) is 25.2 Å². The number of carbonyl (C=O) groups is 1. The molecule has 1 amide bonds. The monoisotopic (exact) mass is 301 g/mol. The van der Waals surface area contributed by atoms with Crippen molar-refractivity contribution >= 4 is 6.09 Å². The van der Waals surface area contributed by atoms with Crippen LogP contribution in [0.15, 0.2) is 0 Å². The van der Waals surface area contributed by atoms with E-state index in [-0.39, 0.29) is 6.09 Å². The van der Waals surface area contributed by atoms with Crippen molar-refractivity contribution in [2.45, 2.75) is 46.0 Å². The second-order valence-corrected chi connectivity index (χ2v) is 5.72. The van der Waals surface area contributed by atoms with Gasteiger partial charge < -0.3 is 19.1 Å². The standard InChI is InChI=1S/C16H31NO4/c1-3-10-19-11-12-20-13-14-21-16(18)17-8-5-4-6-15(2)7-9-17/h15H,3-14H2,1-2H3. The number of rotatable bonds is 8. The first-order valence-corrected chi connectivity index (χ1v) is 8.31. The van der Waals surface area contributed by atoms with Gasteiger partial charge in [0.1, 0.15) is 6.61 Å². The Bertz CT molecular complexity index is 273. The highest BCUT2D eigenvalue weighted by molar-refractivity contribution is 5.67. The van der Waals surface area contributed by atoms with E-state index in [0.29, 0.717) is 32.3 Å². The second-order valence-electron chi connectivity index (χ2n) is 5.72. The molecular formula is C16H31NO4. The van der Waals surface area contributed by atoms with Crippen molar-refractivity contribution in [2.24, 2.45) is 5.92 Å². The number of likely N-dealkylation sites (tertiary alicyclic amines) is 1. The van der Waals surface area contributed by atoms with E-state index in [2.05, 4.69) is 13.8 Å². The van der Waals surface area contributed by atoms with Crippen molar-refractivity contribution in [3.05, 3.63) is 0 Å². The van der Waals surface area contributed by atoms with Crippen molar-refractivity contribution in [3.8, 4) is 0 Å². The third-order valence-electron chi connectivity index (χ3n) is 3.70. The van der Waals surface area contributed by atoms with Gasteiger partial charge >= 0.3 is 6.09 Å². The van der Waals surface area contributed by atoms with Gasteiger partial charge in [-0.15, -0.1) is 0 Å². The molecule has 0 bridgehead atoms. The van der Waals surface area contributed by atoms with Crippen LogP contribution >= 0.6 is 0 Å². The van der Waals surface area contributed by atoms with E-state index in [1.807, 2.05) is 4.90 Å². The van der Waals surface area contributed by atoms with Crippen LogP contribution in [-0.2, 0) is 14.2 Å². The zero-order valence-corrected chi connectivity index (χ0v) is 13.6. The quantitative estimate of drug-likeness (QED) is 0.646. The highest BCUT2D eigenvalue weighted by Gasteiger charge is 2.18. The van der Waals surface area contributed by atoms with E-state index in [9.17, 15) is 4.79 Å². The van der Waals surface area contributed by atoms with Crippen molar-refractivity contribution in [3.63, 3.8) is 0 Å². The Morgan fingerprint density at radius 2 is 1.71 bits per heavy atom. The number of hydrogen-bond acceptors (Lipinski definition) is 4. The maximum atomic E-state index is 12.0. The number of carbonyl (C=O) groups excluding carboxylic acids is 1. The minimum Gasteiger partial charge on any atom is -0.447 e. The summed E-state index contributed by atoms with van der Waals surface area (Å²) in [5.74, 6) is 0.701. The lowest BCUT2D eigenvalue weighted by Gasteiger charge is -2.26. The van der Waals surface area contributed by atoms with Crippen LogP contribution in [0.1, 0.15) is 46.0 Å². The van der Waals surface area contributed by atoms with Crippen LogP contribution in [0, 0.1) is 5.92 Å². The molecule has 0 N–H and O–H groups in total.